The molecule has 1 fully saturated rings. The molecule has 1 aromatic carbocycles. The lowest BCUT2D eigenvalue weighted by Gasteiger charge is -2.18. The van der Waals surface area contributed by atoms with Crippen molar-refractivity contribution < 1.29 is 4.52 Å². The normalized spacial score (nSPS) is 37.0. The summed E-state index contributed by atoms with van der Waals surface area (Å²) in [6.45, 7) is 2.09. The minimum Gasteiger partial charge on any atom is -0.317 e. The van der Waals surface area contributed by atoms with Gasteiger partial charge in [0, 0.05) is 6.04 Å². The van der Waals surface area contributed by atoms with Gasteiger partial charge in [-0.25, -0.2) is 4.67 Å². The predicted octanol–water partition coefficient (Wildman–Crippen LogP) is 3.54. The van der Waals surface area contributed by atoms with Gasteiger partial charge in [0.15, 0.2) is 0 Å². The zero-order valence-electron chi connectivity index (χ0n) is 8.63. The van der Waals surface area contributed by atoms with E-state index in [4.69, 9.17) is 27.6 Å². The number of hydrogen-bond acceptors (Lipinski definition) is 2. The molecule has 0 aromatic heterocycles. The summed E-state index contributed by atoms with van der Waals surface area (Å²) in [6, 6.07) is 10.3. The van der Waals surface area contributed by atoms with Gasteiger partial charge in [-0.1, -0.05) is 30.3 Å². The minimum absolute atomic E-state index is 0.000432. The number of benzene rings is 1. The van der Waals surface area contributed by atoms with E-state index in [0.717, 1.165) is 5.56 Å². The Kier molecular flexibility index (Phi) is 3.20. The van der Waals surface area contributed by atoms with E-state index < -0.39 is 5.77 Å². The van der Waals surface area contributed by atoms with Crippen molar-refractivity contribution in [3.8, 4) is 0 Å². The third-order valence-electron chi connectivity index (χ3n) is 2.78. The molecule has 2 nitrogen and oxygen atoms in total. The molecule has 1 saturated heterocycles. The highest BCUT2D eigenvalue weighted by Gasteiger charge is 2.41. The van der Waals surface area contributed by atoms with Gasteiger partial charge in [0.2, 0.25) is 5.77 Å². The fourth-order valence-corrected chi connectivity index (χ4v) is 4.38. The van der Waals surface area contributed by atoms with E-state index >= 15 is 0 Å². The smallest absolute Gasteiger partial charge is 0.222 e. The van der Waals surface area contributed by atoms with Crippen LogP contribution < -0.4 is 0 Å². The van der Waals surface area contributed by atoms with E-state index in [1.165, 1.54) is 0 Å². The molecule has 0 saturated carbocycles. The van der Waals surface area contributed by atoms with Crippen LogP contribution in [-0.4, -0.2) is 17.8 Å². The number of halogens is 1. The van der Waals surface area contributed by atoms with Crippen molar-refractivity contribution in [2.75, 3.05) is 7.05 Å². The van der Waals surface area contributed by atoms with Crippen LogP contribution in [0, 0.1) is 0 Å². The molecule has 0 bridgehead atoms. The van der Waals surface area contributed by atoms with Crippen molar-refractivity contribution in [3.05, 3.63) is 35.9 Å². The first-order valence-electron chi connectivity index (χ1n) is 4.79. The summed E-state index contributed by atoms with van der Waals surface area (Å²) in [5, 5.41) is 0. The van der Waals surface area contributed by atoms with Gasteiger partial charge in [0.25, 0.3) is 0 Å². The Balaban J connectivity index is 2.31. The van der Waals surface area contributed by atoms with Crippen LogP contribution in [0.1, 0.15) is 18.6 Å². The Morgan fingerprint density at radius 1 is 1.40 bits per heavy atom. The number of likely N-dealkylation sites (N-methyl/N-ethyl adjacent to an activating group) is 1. The van der Waals surface area contributed by atoms with E-state index in [2.05, 4.69) is 6.92 Å². The third-order valence-corrected chi connectivity index (χ3v) is 6.37. The van der Waals surface area contributed by atoms with E-state index in [1.54, 1.807) is 0 Å². The number of nitrogens with zero attached hydrogens (tertiary/aromatic N) is 1. The second kappa shape index (κ2) is 4.15. The van der Waals surface area contributed by atoms with E-state index in [9.17, 15) is 0 Å². The van der Waals surface area contributed by atoms with Crippen LogP contribution >= 0.6 is 17.0 Å². The highest BCUT2D eigenvalue weighted by atomic mass is 35.7. The van der Waals surface area contributed by atoms with Gasteiger partial charge >= 0.3 is 0 Å². The molecule has 2 rings (SSSR count). The van der Waals surface area contributed by atoms with Gasteiger partial charge in [0.05, 0.1) is 0 Å². The summed E-state index contributed by atoms with van der Waals surface area (Å²) >= 11 is 11.5. The van der Waals surface area contributed by atoms with Gasteiger partial charge in [0.1, 0.15) is 6.10 Å². The molecule has 0 radical (unpaired) electrons. The lowest BCUT2D eigenvalue weighted by atomic mass is 10.0. The maximum Gasteiger partial charge on any atom is 0.222 e. The molecule has 82 valence electrons. The quantitative estimate of drug-likeness (QED) is 0.718. The van der Waals surface area contributed by atoms with Crippen LogP contribution in [0.25, 0.3) is 0 Å². The number of hydrogen-bond donors (Lipinski definition) is 0. The maximum atomic E-state index is 6.19. The molecule has 0 unspecified atom stereocenters. The highest BCUT2D eigenvalue weighted by Crippen LogP contribution is 2.65. The monoisotopic (exact) mass is 261 g/mol. The molecule has 0 amide bonds. The lowest BCUT2D eigenvalue weighted by Crippen LogP contribution is -2.22. The van der Waals surface area contributed by atoms with Crippen molar-refractivity contribution in [2.45, 2.75) is 19.1 Å². The first-order chi connectivity index (χ1) is 7.02. The number of rotatable bonds is 1. The third kappa shape index (κ3) is 2.13. The lowest BCUT2D eigenvalue weighted by molar-refractivity contribution is 0.218. The van der Waals surface area contributed by atoms with Gasteiger partial charge in [-0.05, 0) is 42.6 Å². The van der Waals surface area contributed by atoms with Crippen LogP contribution in [0.5, 0.6) is 0 Å². The summed E-state index contributed by atoms with van der Waals surface area (Å²) < 4.78 is 7.75. The average molecular weight is 262 g/mol. The topological polar surface area (TPSA) is 12.5 Å². The Morgan fingerprint density at radius 2 is 2.00 bits per heavy atom. The summed E-state index contributed by atoms with van der Waals surface area (Å²) in [7, 11) is 1.93. The van der Waals surface area contributed by atoms with E-state index in [1.807, 2.05) is 42.0 Å². The zero-order valence-corrected chi connectivity index (χ0v) is 11.1. The molecule has 1 aromatic rings. The van der Waals surface area contributed by atoms with Gasteiger partial charge in [-0.2, -0.15) is 0 Å². The molecule has 0 N–H and O–H groups in total. The van der Waals surface area contributed by atoms with Gasteiger partial charge in [-0.3, -0.25) is 0 Å². The summed E-state index contributed by atoms with van der Waals surface area (Å²) in [5.74, 6) is -2.27. The Hall–Kier alpha value is 0.0800. The molecule has 0 spiro atoms. The van der Waals surface area contributed by atoms with Crippen molar-refractivity contribution in [1.82, 2.24) is 4.67 Å². The van der Waals surface area contributed by atoms with Crippen molar-refractivity contribution in [2.24, 2.45) is 0 Å². The summed E-state index contributed by atoms with van der Waals surface area (Å²) in [4.78, 5) is 0. The maximum absolute atomic E-state index is 6.19. The minimum atomic E-state index is -2.27. The first-order valence-corrected chi connectivity index (χ1v) is 8.36. The molecular formula is C10H13ClNOPS. The van der Waals surface area contributed by atoms with Crippen LogP contribution in [0.2, 0.25) is 0 Å². The molecule has 5 heteroatoms. The van der Waals surface area contributed by atoms with Crippen LogP contribution in [0.3, 0.4) is 0 Å². The van der Waals surface area contributed by atoms with Crippen LogP contribution in [0.15, 0.2) is 30.3 Å². The molecule has 1 aliphatic rings. The molecule has 15 heavy (non-hydrogen) atoms. The van der Waals surface area contributed by atoms with Crippen molar-refractivity contribution in [3.63, 3.8) is 0 Å². The van der Waals surface area contributed by atoms with E-state index in [0.29, 0.717) is 0 Å². The van der Waals surface area contributed by atoms with Crippen LogP contribution in [-0.2, 0) is 16.3 Å². The standard InChI is InChI=1S/C10H13ClNOPS/c1-8-10(9-6-4-3-5-7-9)13-14(11,15)12(8)2/h3-8,10H,1-2H3/t8-,10-,14-/m1/s1. The zero-order chi connectivity index (χ0) is 11.1. The Bertz CT molecular complexity index is 400. The van der Waals surface area contributed by atoms with Crippen molar-refractivity contribution >= 4 is 28.8 Å². The highest BCUT2D eigenvalue weighted by molar-refractivity contribution is 8.23. The van der Waals surface area contributed by atoms with Crippen molar-refractivity contribution in [1.29, 1.82) is 0 Å². The average Bonchev–Trinajstić information content (AvgIpc) is 2.44. The molecule has 3 atom stereocenters. The summed E-state index contributed by atoms with van der Waals surface area (Å²) in [5.41, 5.74) is 1.14. The van der Waals surface area contributed by atoms with Crippen LogP contribution in [0.4, 0.5) is 0 Å². The Morgan fingerprint density at radius 3 is 2.47 bits per heavy atom. The predicted molar refractivity (Wildman–Crippen MR) is 67.6 cm³/mol. The first kappa shape index (κ1) is 11.6. The molecular weight excluding hydrogens is 249 g/mol. The molecule has 0 aliphatic carbocycles. The fraction of sp³-hybridized carbons (Fsp3) is 0.400. The second-order valence-corrected chi connectivity index (χ2v) is 8.91. The van der Waals surface area contributed by atoms with E-state index in [-0.39, 0.29) is 12.1 Å². The largest absolute Gasteiger partial charge is 0.317 e. The molecule has 1 heterocycles. The van der Waals surface area contributed by atoms with Gasteiger partial charge in [-0.15, -0.1) is 0 Å². The summed E-state index contributed by atoms with van der Waals surface area (Å²) in [6.07, 6.45) is -0.000432. The fourth-order valence-electron chi connectivity index (χ4n) is 1.70. The van der Waals surface area contributed by atoms with Gasteiger partial charge < -0.3 is 4.52 Å². The Labute approximate surface area is 100 Å². The SMILES string of the molecule is C[C@@H]1[C@H](c2ccccc2)O[P@@](=S)(Cl)N1C. The second-order valence-electron chi connectivity index (χ2n) is 3.70. The molecule has 1 aliphatic heterocycles.